The lowest BCUT2D eigenvalue weighted by Crippen LogP contribution is -2.39. The molecule has 1 amide bonds. The van der Waals surface area contributed by atoms with E-state index in [-0.39, 0.29) is 28.8 Å². The van der Waals surface area contributed by atoms with Gasteiger partial charge in [0, 0.05) is 18.7 Å². The third-order valence-electron chi connectivity index (χ3n) is 4.77. The zero-order valence-electron chi connectivity index (χ0n) is 14.6. The Morgan fingerprint density at radius 1 is 1.31 bits per heavy atom. The molecule has 1 aliphatic rings. The number of hydrogen-bond acceptors (Lipinski definition) is 4. The smallest absolute Gasteiger partial charge is 0.339 e. The zero-order valence-corrected chi connectivity index (χ0v) is 14.6. The molecular formula is C18H20FN3O4. The molecule has 0 saturated carbocycles. The van der Waals surface area contributed by atoms with Gasteiger partial charge in [-0.1, -0.05) is 0 Å². The van der Waals surface area contributed by atoms with Gasteiger partial charge in [-0.3, -0.25) is 9.48 Å². The summed E-state index contributed by atoms with van der Waals surface area (Å²) < 4.78 is 20.4. The van der Waals surface area contributed by atoms with Crippen LogP contribution >= 0.6 is 0 Å². The van der Waals surface area contributed by atoms with Crippen LogP contribution in [0.1, 0.15) is 45.3 Å². The SMILES string of the molecule is COc1ccc(C(=O)N2CCC(n3ncc(C(=O)O)c3C)CC2)cc1F. The van der Waals surface area contributed by atoms with Gasteiger partial charge in [-0.25, -0.2) is 9.18 Å². The first kappa shape index (κ1) is 17.9. The topological polar surface area (TPSA) is 84.7 Å². The number of benzene rings is 1. The highest BCUT2D eigenvalue weighted by atomic mass is 19.1. The Balaban J connectivity index is 1.67. The number of ether oxygens (including phenoxy) is 1. The summed E-state index contributed by atoms with van der Waals surface area (Å²) in [6.07, 6.45) is 2.67. The molecule has 0 spiro atoms. The number of amides is 1. The second kappa shape index (κ2) is 7.15. The average Bonchev–Trinajstić information content (AvgIpc) is 3.03. The van der Waals surface area contributed by atoms with Gasteiger partial charge in [-0.15, -0.1) is 0 Å². The van der Waals surface area contributed by atoms with Crippen molar-refractivity contribution in [1.82, 2.24) is 14.7 Å². The third kappa shape index (κ3) is 3.26. The van der Waals surface area contributed by atoms with Crippen LogP contribution in [0.25, 0.3) is 0 Å². The Kier molecular flexibility index (Phi) is 4.92. The summed E-state index contributed by atoms with van der Waals surface area (Å²) in [7, 11) is 1.37. The number of carboxylic acids is 1. The van der Waals surface area contributed by atoms with E-state index >= 15 is 0 Å². The molecule has 1 N–H and O–H groups in total. The minimum Gasteiger partial charge on any atom is -0.494 e. The highest BCUT2D eigenvalue weighted by molar-refractivity contribution is 5.94. The molecule has 1 saturated heterocycles. The van der Waals surface area contributed by atoms with Crippen molar-refractivity contribution in [2.75, 3.05) is 20.2 Å². The Morgan fingerprint density at radius 3 is 2.54 bits per heavy atom. The monoisotopic (exact) mass is 361 g/mol. The minimum atomic E-state index is -0.997. The average molecular weight is 361 g/mol. The van der Waals surface area contributed by atoms with Crippen LogP contribution < -0.4 is 4.74 Å². The van der Waals surface area contributed by atoms with Crippen molar-refractivity contribution >= 4 is 11.9 Å². The Labute approximate surface area is 150 Å². The van der Waals surface area contributed by atoms with Crippen molar-refractivity contribution in [2.24, 2.45) is 0 Å². The second-order valence-electron chi connectivity index (χ2n) is 6.27. The minimum absolute atomic E-state index is 0.0414. The highest BCUT2D eigenvalue weighted by Crippen LogP contribution is 2.26. The van der Waals surface area contributed by atoms with Gasteiger partial charge in [-0.2, -0.15) is 5.10 Å². The maximum Gasteiger partial charge on any atom is 0.339 e. The summed E-state index contributed by atoms with van der Waals surface area (Å²) in [6.45, 7) is 2.73. The molecule has 26 heavy (non-hydrogen) atoms. The van der Waals surface area contributed by atoms with E-state index in [0.29, 0.717) is 31.6 Å². The molecule has 0 aliphatic carbocycles. The zero-order chi connectivity index (χ0) is 18.8. The number of nitrogens with zero attached hydrogens (tertiary/aromatic N) is 3. The molecule has 0 atom stereocenters. The molecule has 1 fully saturated rings. The highest BCUT2D eigenvalue weighted by Gasteiger charge is 2.27. The van der Waals surface area contributed by atoms with Gasteiger partial charge in [0.15, 0.2) is 11.6 Å². The predicted molar refractivity (Wildman–Crippen MR) is 91.0 cm³/mol. The van der Waals surface area contributed by atoms with Gasteiger partial charge in [0.25, 0.3) is 5.91 Å². The molecule has 2 aromatic rings. The van der Waals surface area contributed by atoms with Crippen LogP contribution in [0.3, 0.4) is 0 Å². The van der Waals surface area contributed by atoms with Crippen LogP contribution in [0.5, 0.6) is 5.75 Å². The Hall–Kier alpha value is -2.90. The van der Waals surface area contributed by atoms with Crippen molar-refractivity contribution in [2.45, 2.75) is 25.8 Å². The standard InChI is InChI=1S/C18H20FN3O4/c1-11-14(18(24)25)10-20-22(11)13-5-7-21(8-6-13)17(23)12-3-4-16(26-2)15(19)9-12/h3-4,9-10,13H,5-8H2,1-2H3,(H,24,25). The molecule has 8 heteroatoms. The Morgan fingerprint density at radius 2 is 2.00 bits per heavy atom. The number of carboxylic acid groups (broad SMARTS) is 1. The van der Waals surface area contributed by atoms with Crippen molar-refractivity contribution < 1.29 is 23.8 Å². The fraction of sp³-hybridized carbons (Fsp3) is 0.389. The van der Waals surface area contributed by atoms with E-state index in [1.165, 1.54) is 25.4 Å². The first-order chi connectivity index (χ1) is 12.4. The molecule has 0 bridgehead atoms. The number of halogens is 1. The fourth-order valence-electron chi connectivity index (χ4n) is 3.30. The summed E-state index contributed by atoms with van der Waals surface area (Å²) in [6, 6.07) is 4.22. The summed E-state index contributed by atoms with van der Waals surface area (Å²) in [5.74, 6) is -1.69. The lowest BCUT2D eigenvalue weighted by atomic mass is 10.0. The predicted octanol–water partition coefficient (Wildman–Crippen LogP) is 2.51. The number of carbonyl (C=O) groups excluding carboxylic acids is 1. The number of aromatic nitrogens is 2. The van der Waals surface area contributed by atoms with E-state index in [1.807, 2.05) is 0 Å². The van der Waals surface area contributed by atoms with Crippen molar-refractivity contribution in [3.05, 3.63) is 47.0 Å². The summed E-state index contributed by atoms with van der Waals surface area (Å²) in [5.41, 5.74) is 1.09. The van der Waals surface area contributed by atoms with Gasteiger partial charge in [0.2, 0.25) is 0 Å². The van der Waals surface area contributed by atoms with Crippen LogP contribution in [0, 0.1) is 12.7 Å². The normalized spacial score (nSPS) is 15.1. The van der Waals surface area contributed by atoms with E-state index in [9.17, 15) is 14.0 Å². The van der Waals surface area contributed by atoms with E-state index in [1.54, 1.807) is 22.6 Å². The maximum absolute atomic E-state index is 13.8. The third-order valence-corrected chi connectivity index (χ3v) is 4.77. The number of hydrogen-bond donors (Lipinski definition) is 1. The lowest BCUT2D eigenvalue weighted by Gasteiger charge is -2.32. The van der Waals surface area contributed by atoms with Crippen molar-refractivity contribution in [3.8, 4) is 5.75 Å². The number of methoxy groups -OCH3 is 1. The van der Waals surface area contributed by atoms with Crippen LogP contribution in [-0.2, 0) is 0 Å². The summed E-state index contributed by atoms with van der Waals surface area (Å²) >= 11 is 0. The quantitative estimate of drug-likeness (QED) is 0.904. The van der Waals surface area contributed by atoms with Crippen molar-refractivity contribution in [3.63, 3.8) is 0 Å². The van der Waals surface area contributed by atoms with Crippen molar-refractivity contribution in [1.29, 1.82) is 0 Å². The van der Waals surface area contributed by atoms with E-state index in [2.05, 4.69) is 5.10 Å². The van der Waals surface area contributed by atoms with Crippen LogP contribution in [0.2, 0.25) is 0 Å². The first-order valence-electron chi connectivity index (χ1n) is 8.32. The summed E-state index contributed by atoms with van der Waals surface area (Å²) in [4.78, 5) is 25.4. The summed E-state index contributed by atoms with van der Waals surface area (Å²) in [5, 5.41) is 13.3. The maximum atomic E-state index is 13.8. The van der Waals surface area contributed by atoms with Gasteiger partial charge >= 0.3 is 5.97 Å². The van der Waals surface area contributed by atoms with E-state index in [4.69, 9.17) is 9.84 Å². The molecule has 0 unspecified atom stereocenters. The number of carbonyl (C=O) groups is 2. The molecule has 1 aliphatic heterocycles. The molecule has 138 valence electrons. The van der Waals surface area contributed by atoms with E-state index < -0.39 is 11.8 Å². The van der Waals surface area contributed by atoms with Gasteiger partial charge in [0.1, 0.15) is 5.56 Å². The molecule has 7 nitrogen and oxygen atoms in total. The molecule has 2 heterocycles. The molecule has 1 aromatic heterocycles. The molecular weight excluding hydrogens is 341 g/mol. The first-order valence-corrected chi connectivity index (χ1v) is 8.32. The van der Waals surface area contributed by atoms with Crippen LogP contribution in [0.15, 0.2) is 24.4 Å². The fourth-order valence-corrected chi connectivity index (χ4v) is 3.30. The number of likely N-dealkylation sites (tertiary alicyclic amines) is 1. The van der Waals surface area contributed by atoms with Crippen LogP contribution in [0.4, 0.5) is 4.39 Å². The molecule has 1 aromatic carbocycles. The molecule has 0 radical (unpaired) electrons. The van der Waals surface area contributed by atoms with Gasteiger partial charge < -0.3 is 14.7 Å². The largest absolute Gasteiger partial charge is 0.494 e. The van der Waals surface area contributed by atoms with Gasteiger partial charge in [-0.05, 0) is 38.0 Å². The van der Waals surface area contributed by atoms with E-state index in [0.717, 1.165) is 0 Å². The number of rotatable bonds is 4. The van der Waals surface area contributed by atoms with Gasteiger partial charge in [0.05, 0.1) is 25.0 Å². The second-order valence-corrected chi connectivity index (χ2v) is 6.27. The lowest BCUT2D eigenvalue weighted by molar-refractivity contribution is 0.0687. The number of aromatic carboxylic acids is 1. The van der Waals surface area contributed by atoms with Crippen LogP contribution in [-0.4, -0.2) is 51.9 Å². The molecule has 3 rings (SSSR count). The number of piperidine rings is 1. The Bertz CT molecular complexity index is 841.